The molecule has 0 spiro atoms. The van der Waals surface area contributed by atoms with E-state index in [1.807, 2.05) is 0 Å². The molecule has 1 fully saturated rings. The Morgan fingerprint density at radius 3 is 2.62 bits per heavy atom. The van der Waals surface area contributed by atoms with Crippen LogP contribution < -0.4 is 0 Å². The number of ether oxygens (including phenoxy) is 1. The number of cyclic esters (lactones) is 1. The van der Waals surface area contributed by atoms with Gasteiger partial charge in [0.1, 0.15) is 6.61 Å². The van der Waals surface area contributed by atoms with Gasteiger partial charge in [0.15, 0.2) is 0 Å². The van der Waals surface area contributed by atoms with E-state index in [-0.39, 0.29) is 19.6 Å². The molecular formula is C11H17NO4. The fourth-order valence-corrected chi connectivity index (χ4v) is 1.55. The van der Waals surface area contributed by atoms with Crippen molar-refractivity contribution in [2.75, 3.05) is 13.2 Å². The van der Waals surface area contributed by atoms with E-state index in [9.17, 15) is 14.4 Å². The van der Waals surface area contributed by atoms with Crippen LogP contribution >= 0.6 is 0 Å². The van der Waals surface area contributed by atoms with Crippen LogP contribution in [-0.4, -0.2) is 35.8 Å². The van der Waals surface area contributed by atoms with E-state index < -0.39 is 17.8 Å². The van der Waals surface area contributed by atoms with Crippen molar-refractivity contribution in [2.24, 2.45) is 0 Å². The van der Waals surface area contributed by atoms with Crippen LogP contribution in [0.1, 0.15) is 39.0 Å². The summed E-state index contributed by atoms with van der Waals surface area (Å²) < 4.78 is 4.59. The third-order valence-corrected chi connectivity index (χ3v) is 2.50. The number of unbranched alkanes of at least 4 members (excludes halogenated alkanes) is 3. The van der Waals surface area contributed by atoms with E-state index in [2.05, 4.69) is 11.7 Å². The predicted molar refractivity (Wildman–Crippen MR) is 56.8 cm³/mol. The third-order valence-electron chi connectivity index (χ3n) is 2.50. The summed E-state index contributed by atoms with van der Waals surface area (Å²) in [5.74, 6) is -1.21. The molecule has 0 aromatic carbocycles. The average molecular weight is 227 g/mol. The highest BCUT2D eigenvalue weighted by Crippen LogP contribution is 2.08. The largest absolute Gasteiger partial charge is 0.447 e. The lowest BCUT2D eigenvalue weighted by Crippen LogP contribution is -2.37. The highest BCUT2D eigenvalue weighted by molar-refractivity contribution is 6.38. The minimum atomic E-state index is -0.723. The molecule has 0 atom stereocenters. The van der Waals surface area contributed by atoms with Gasteiger partial charge in [-0.15, -0.1) is 0 Å². The summed E-state index contributed by atoms with van der Waals surface area (Å²) in [5.41, 5.74) is 0. The van der Waals surface area contributed by atoms with Gasteiger partial charge in [0.2, 0.25) is 5.78 Å². The monoisotopic (exact) mass is 227 g/mol. The fourth-order valence-electron chi connectivity index (χ4n) is 1.55. The molecule has 2 amide bonds. The van der Waals surface area contributed by atoms with E-state index >= 15 is 0 Å². The summed E-state index contributed by atoms with van der Waals surface area (Å²) in [5, 5.41) is 0. The van der Waals surface area contributed by atoms with Crippen LogP contribution in [0.4, 0.5) is 4.79 Å². The van der Waals surface area contributed by atoms with Gasteiger partial charge in [-0.3, -0.25) is 9.59 Å². The molecule has 1 aliphatic rings. The van der Waals surface area contributed by atoms with Gasteiger partial charge in [-0.25, -0.2) is 9.69 Å². The Morgan fingerprint density at radius 1 is 1.31 bits per heavy atom. The highest BCUT2D eigenvalue weighted by atomic mass is 16.6. The molecule has 0 aromatic rings. The minimum absolute atomic E-state index is 0.188. The zero-order valence-electron chi connectivity index (χ0n) is 9.53. The molecule has 0 unspecified atom stereocenters. The Balaban J connectivity index is 2.30. The van der Waals surface area contributed by atoms with Crippen molar-refractivity contribution in [1.29, 1.82) is 0 Å². The average Bonchev–Trinajstić information content (AvgIpc) is 2.69. The first kappa shape index (κ1) is 12.7. The molecule has 5 nitrogen and oxygen atoms in total. The molecule has 16 heavy (non-hydrogen) atoms. The number of ketones is 1. The van der Waals surface area contributed by atoms with Crippen molar-refractivity contribution < 1.29 is 19.1 Å². The van der Waals surface area contributed by atoms with Crippen molar-refractivity contribution in [2.45, 2.75) is 39.0 Å². The van der Waals surface area contributed by atoms with E-state index in [0.717, 1.165) is 24.2 Å². The number of carbonyl (C=O) groups excluding carboxylic acids is 3. The van der Waals surface area contributed by atoms with E-state index in [4.69, 9.17) is 0 Å². The first-order valence-corrected chi connectivity index (χ1v) is 5.68. The Bertz CT molecular complexity index is 288. The lowest BCUT2D eigenvalue weighted by Gasteiger charge is -2.08. The summed E-state index contributed by atoms with van der Waals surface area (Å²) in [6.45, 7) is 2.46. The van der Waals surface area contributed by atoms with Gasteiger partial charge in [0, 0.05) is 6.42 Å². The van der Waals surface area contributed by atoms with Gasteiger partial charge in [-0.2, -0.15) is 0 Å². The van der Waals surface area contributed by atoms with E-state index in [0.29, 0.717) is 6.42 Å². The lowest BCUT2D eigenvalue weighted by molar-refractivity contribution is -0.142. The molecular weight excluding hydrogens is 210 g/mol. The Labute approximate surface area is 94.7 Å². The molecule has 1 heterocycles. The van der Waals surface area contributed by atoms with Crippen molar-refractivity contribution in [1.82, 2.24) is 4.90 Å². The maximum atomic E-state index is 11.5. The first-order chi connectivity index (χ1) is 7.66. The minimum Gasteiger partial charge on any atom is -0.447 e. The van der Waals surface area contributed by atoms with Crippen molar-refractivity contribution in [3.8, 4) is 0 Å². The van der Waals surface area contributed by atoms with Crippen LogP contribution in [0.15, 0.2) is 0 Å². The lowest BCUT2D eigenvalue weighted by atomic mass is 10.1. The van der Waals surface area contributed by atoms with Gasteiger partial charge < -0.3 is 4.74 Å². The van der Waals surface area contributed by atoms with Gasteiger partial charge in [0.25, 0.3) is 5.91 Å². The molecule has 0 N–H and O–H groups in total. The zero-order valence-corrected chi connectivity index (χ0v) is 9.53. The second kappa shape index (κ2) is 6.25. The van der Waals surface area contributed by atoms with Crippen LogP contribution in [0, 0.1) is 0 Å². The smallest absolute Gasteiger partial charge is 0.417 e. The molecule has 0 bridgehead atoms. The highest BCUT2D eigenvalue weighted by Gasteiger charge is 2.31. The Kier molecular flexibility index (Phi) is 4.95. The van der Waals surface area contributed by atoms with E-state index in [1.54, 1.807) is 0 Å². The third kappa shape index (κ3) is 3.32. The summed E-state index contributed by atoms with van der Waals surface area (Å²) in [6.07, 6.45) is 3.32. The van der Waals surface area contributed by atoms with Gasteiger partial charge in [-0.05, 0) is 6.42 Å². The number of carbonyl (C=O) groups is 3. The number of hydrogen-bond donors (Lipinski definition) is 0. The number of amides is 2. The maximum Gasteiger partial charge on any atom is 0.417 e. The molecule has 5 heteroatoms. The SMILES string of the molecule is CCCCCCC(=O)C(=O)N1CCOC1=O. The number of imide groups is 1. The summed E-state index contributed by atoms with van der Waals surface area (Å²) in [6, 6.07) is 0. The fraction of sp³-hybridized carbons (Fsp3) is 0.727. The van der Waals surface area contributed by atoms with Crippen molar-refractivity contribution >= 4 is 17.8 Å². The van der Waals surface area contributed by atoms with Crippen molar-refractivity contribution in [3.63, 3.8) is 0 Å². The number of nitrogens with zero attached hydrogens (tertiary/aromatic N) is 1. The van der Waals surface area contributed by atoms with Gasteiger partial charge in [-0.1, -0.05) is 26.2 Å². The molecule has 0 aromatic heterocycles. The molecule has 1 rings (SSSR count). The maximum absolute atomic E-state index is 11.5. The van der Waals surface area contributed by atoms with Crippen molar-refractivity contribution in [3.05, 3.63) is 0 Å². The first-order valence-electron chi connectivity index (χ1n) is 5.68. The normalized spacial score (nSPS) is 15.1. The topological polar surface area (TPSA) is 63.7 Å². The number of Topliss-reactive ketones (excluding diaryl/α,β-unsaturated/α-hetero) is 1. The summed E-state index contributed by atoms with van der Waals surface area (Å²) in [7, 11) is 0. The van der Waals surface area contributed by atoms with Crippen LogP contribution in [0.5, 0.6) is 0 Å². The number of hydrogen-bond acceptors (Lipinski definition) is 4. The molecule has 0 aliphatic carbocycles. The number of rotatable bonds is 6. The summed E-state index contributed by atoms with van der Waals surface area (Å²) in [4.78, 5) is 34.8. The quantitative estimate of drug-likeness (QED) is 0.509. The molecule has 1 aliphatic heterocycles. The second-order valence-corrected chi connectivity index (χ2v) is 3.80. The summed E-state index contributed by atoms with van der Waals surface area (Å²) >= 11 is 0. The predicted octanol–water partition coefficient (Wildman–Crippen LogP) is 1.50. The molecule has 0 radical (unpaired) electrons. The van der Waals surface area contributed by atoms with Crippen LogP contribution in [0.3, 0.4) is 0 Å². The van der Waals surface area contributed by atoms with Gasteiger partial charge >= 0.3 is 6.09 Å². The molecule has 1 saturated heterocycles. The van der Waals surface area contributed by atoms with Crippen LogP contribution in [0.25, 0.3) is 0 Å². The Hall–Kier alpha value is -1.39. The second-order valence-electron chi connectivity index (χ2n) is 3.80. The molecule has 90 valence electrons. The standard InChI is InChI=1S/C11H17NO4/c1-2-3-4-5-6-9(13)10(14)12-7-8-16-11(12)15/h2-8H2,1H3. The van der Waals surface area contributed by atoms with E-state index in [1.165, 1.54) is 0 Å². The van der Waals surface area contributed by atoms with Gasteiger partial charge in [0.05, 0.1) is 6.54 Å². The molecule has 0 saturated carbocycles. The Morgan fingerprint density at radius 2 is 2.06 bits per heavy atom. The van der Waals surface area contributed by atoms with Crippen LogP contribution in [0.2, 0.25) is 0 Å². The zero-order chi connectivity index (χ0) is 12.0. The van der Waals surface area contributed by atoms with Crippen LogP contribution in [-0.2, 0) is 14.3 Å².